The highest BCUT2D eigenvalue weighted by Crippen LogP contribution is 2.19. The van der Waals surface area contributed by atoms with Crippen molar-refractivity contribution in [3.63, 3.8) is 0 Å². The first-order valence-corrected chi connectivity index (χ1v) is 6.38. The zero-order valence-corrected chi connectivity index (χ0v) is 11.2. The van der Waals surface area contributed by atoms with Gasteiger partial charge in [-0.05, 0) is 30.9 Å². The molecule has 2 aromatic rings. The van der Waals surface area contributed by atoms with Gasteiger partial charge in [0.2, 0.25) is 5.91 Å². The molecule has 4 nitrogen and oxygen atoms in total. The maximum Gasteiger partial charge on any atom is 0.223 e. The minimum Gasteiger partial charge on any atom is -0.359 e. The highest BCUT2D eigenvalue weighted by atomic mass is 16.2. The van der Waals surface area contributed by atoms with E-state index in [1.54, 1.807) is 7.05 Å². The Morgan fingerprint density at radius 2 is 2.05 bits per heavy atom. The van der Waals surface area contributed by atoms with E-state index in [4.69, 9.17) is 0 Å². The van der Waals surface area contributed by atoms with Crippen LogP contribution in [0.2, 0.25) is 0 Å². The van der Waals surface area contributed by atoms with Crippen molar-refractivity contribution in [2.45, 2.75) is 19.8 Å². The van der Waals surface area contributed by atoms with E-state index in [0.717, 1.165) is 16.6 Å². The van der Waals surface area contributed by atoms with Gasteiger partial charge in [-0.3, -0.25) is 4.79 Å². The van der Waals surface area contributed by atoms with Gasteiger partial charge in [0.15, 0.2) is 0 Å². The van der Waals surface area contributed by atoms with Gasteiger partial charge < -0.3 is 15.1 Å². The molecule has 100 valence electrons. The Kier molecular flexibility index (Phi) is 4.00. The molecule has 0 spiro atoms. The molecule has 2 N–H and O–H groups in total. The predicted molar refractivity (Wildman–Crippen MR) is 74.9 cm³/mol. The smallest absolute Gasteiger partial charge is 0.223 e. The van der Waals surface area contributed by atoms with Crippen LogP contribution >= 0.6 is 0 Å². The first kappa shape index (κ1) is 13.3. The van der Waals surface area contributed by atoms with Crippen molar-refractivity contribution in [2.24, 2.45) is 5.92 Å². The van der Waals surface area contributed by atoms with Crippen LogP contribution in [0.25, 0.3) is 10.9 Å². The second kappa shape index (κ2) is 5.69. The van der Waals surface area contributed by atoms with Crippen molar-refractivity contribution < 1.29 is 9.59 Å². The molecule has 0 radical (unpaired) electrons. The molecule has 1 atom stereocenters. The highest BCUT2D eigenvalue weighted by Gasteiger charge is 2.20. The van der Waals surface area contributed by atoms with E-state index in [-0.39, 0.29) is 24.0 Å². The molecule has 0 saturated heterocycles. The summed E-state index contributed by atoms with van der Waals surface area (Å²) in [5.74, 6) is -0.367. The molecule has 4 heteroatoms. The summed E-state index contributed by atoms with van der Waals surface area (Å²) in [5, 5.41) is 3.74. The number of aromatic nitrogens is 1. The maximum atomic E-state index is 11.8. The Bertz CT molecular complexity index is 568. The summed E-state index contributed by atoms with van der Waals surface area (Å²) < 4.78 is 0. The Balaban J connectivity index is 2.20. The van der Waals surface area contributed by atoms with Crippen molar-refractivity contribution in [2.75, 3.05) is 7.05 Å². The lowest BCUT2D eigenvalue weighted by Crippen LogP contribution is -2.30. The summed E-state index contributed by atoms with van der Waals surface area (Å²) in [6.45, 7) is 1.52. The number of amides is 1. The fourth-order valence-electron chi connectivity index (χ4n) is 2.32. The molecule has 1 unspecified atom stereocenters. The van der Waals surface area contributed by atoms with Crippen LogP contribution < -0.4 is 5.32 Å². The molecule has 1 amide bonds. The normalized spacial score (nSPS) is 12.3. The molecular formula is C15H18N2O2. The van der Waals surface area contributed by atoms with E-state index in [0.29, 0.717) is 6.42 Å². The number of aromatic amines is 1. The first-order chi connectivity index (χ1) is 9.10. The van der Waals surface area contributed by atoms with E-state index in [1.165, 1.54) is 6.92 Å². The number of H-pyrrole nitrogens is 1. The van der Waals surface area contributed by atoms with E-state index in [2.05, 4.69) is 10.3 Å². The number of hydrogen-bond donors (Lipinski definition) is 2. The molecule has 0 fully saturated rings. The summed E-state index contributed by atoms with van der Waals surface area (Å²) in [6, 6.07) is 10.00. The van der Waals surface area contributed by atoms with E-state index >= 15 is 0 Å². The lowest BCUT2D eigenvalue weighted by molar-refractivity contribution is -0.128. The third-order valence-corrected chi connectivity index (χ3v) is 3.20. The second-order valence-electron chi connectivity index (χ2n) is 4.80. The third-order valence-electron chi connectivity index (χ3n) is 3.20. The summed E-state index contributed by atoms with van der Waals surface area (Å²) in [7, 11) is 1.60. The van der Waals surface area contributed by atoms with Gasteiger partial charge in [-0.1, -0.05) is 18.2 Å². The molecular weight excluding hydrogens is 240 g/mol. The summed E-state index contributed by atoms with van der Waals surface area (Å²) >= 11 is 0. The number of carbonyl (C=O) groups excluding carboxylic acids is 2. The topological polar surface area (TPSA) is 62.0 Å². The third kappa shape index (κ3) is 3.22. The monoisotopic (exact) mass is 258 g/mol. The Hall–Kier alpha value is -2.10. The van der Waals surface area contributed by atoms with Gasteiger partial charge in [-0.25, -0.2) is 0 Å². The van der Waals surface area contributed by atoms with Gasteiger partial charge in [0.05, 0.1) is 5.92 Å². The average molecular weight is 258 g/mol. The summed E-state index contributed by atoms with van der Waals surface area (Å²) in [6.07, 6.45) is 0.822. The van der Waals surface area contributed by atoms with Crippen molar-refractivity contribution in [1.82, 2.24) is 10.3 Å². The molecule has 19 heavy (non-hydrogen) atoms. The number of ketones is 1. The Morgan fingerprint density at radius 3 is 2.68 bits per heavy atom. The van der Waals surface area contributed by atoms with Crippen LogP contribution in [0.5, 0.6) is 0 Å². The molecule has 0 aliphatic rings. The second-order valence-corrected chi connectivity index (χ2v) is 4.80. The lowest BCUT2D eigenvalue weighted by Gasteiger charge is -2.12. The van der Waals surface area contributed by atoms with Gasteiger partial charge >= 0.3 is 0 Å². The van der Waals surface area contributed by atoms with Gasteiger partial charge in [-0.15, -0.1) is 0 Å². The number of rotatable bonds is 5. The Labute approximate surface area is 112 Å². The molecule has 0 aliphatic heterocycles. The highest BCUT2D eigenvalue weighted by molar-refractivity contribution is 5.86. The molecule has 1 aromatic carbocycles. The quantitative estimate of drug-likeness (QED) is 0.862. The van der Waals surface area contributed by atoms with Crippen LogP contribution in [0.4, 0.5) is 0 Å². The zero-order chi connectivity index (χ0) is 13.8. The minimum atomic E-state index is -0.310. The lowest BCUT2D eigenvalue weighted by atomic mass is 9.96. The molecule has 0 bridgehead atoms. The predicted octanol–water partition coefficient (Wildman–Crippen LogP) is 2.05. The van der Waals surface area contributed by atoms with Crippen molar-refractivity contribution >= 4 is 22.6 Å². The standard InChI is InChI=1S/C15H18N2O2/c1-10(18)7-12(15(19)16-2)9-13-8-11-5-3-4-6-14(11)17-13/h3-6,8,12,17H,7,9H2,1-2H3,(H,16,19). The molecule has 2 rings (SSSR count). The van der Waals surface area contributed by atoms with Gasteiger partial charge in [0.1, 0.15) is 5.78 Å². The maximum absolute atomic E-state index is 11.8. The number of benzene rings is 1. The van der Waals surface area contributed by atoms with Crippen molar-refractivity contribution in [3.05, 3.63) is 36.0 Å². The summed E-state index contributed by atoms with van der Waals surface area (Å²) in [5.41, 5.74) is 2.03. The number of Topliss-reactive ketones (excluding diaryl/α,β-unsaturated/α-hetero) is 1. The fraction of sp³-hybridized carbons (Fsp3) is 0.333. The number of fused-ring (bicyclic) bond motifs is 1. The number of nitrogens with one attached hydrogen (secondary N) is 2. The van der Waals surface area contributed by atoms with Crippen LogP contribution in [0.15, 0.2) is 30.3 Å². The first-order valence-electron chi connectivity index (χ1n) is 6.38. The molecule has 1 heterocycles. The van der Waals surface area contributed by atoms with E-state index in [1.807, 2.05) is 30.3 Å². The number of carbonyl (C=O) groups is 2. The van der Waals surface area contributed by atoms with Crippen LogP contribution in [-0.4, -0.2) is 23.7 Å². The van der Waals surface area contributed by atoms with Crippen LogP contribution in [0.1, 0.15) is 19.0 Å². The minimum absolute atomic E-state index is 0.0321. The molecule has 0 aliphatic carbocycles. The largest absolute Gasteiger partial charge is 0.359 e. The Morgan fingerprint density at radius 1 is 1.32 bits per heavy atom. The van der Waals surface area contributed by atoms with Crippen LogP contribution in [-0.2, 0) is 16.0 Å². The van der Waals surface area contributed by atoms with Gasteiger partial charge in [0.25, 0.3) is 0 Å². The van der Waals surface area contributed by atoms with Gasteiger partial charge in [0, 0.05) is 24.7 Å². The summed E-state index contributed by atoms with van der Waals surface area (Å²) in [4.78, 5) is 26.3. The van der Waals surface area contributed by atoms with Crippen molar-refractivity contribution in [3.8, 4) is 0 Å². The molecule has 0 saturated carbocycles. The molecule has 1 aromatic heterocycles. The SMILES string of the molecule is CNC(=O)C(CC(C)=O)Cc1cc2ccccc2[nH]1. The van der Waals surface area contributed by atoms with Crippen LogP contribution in [0, 0.1) is 5.92 Å². The van der Waals surface area contributed by atoms with Gasteiger partial charge in [-0.2, -0.15) is 0 Å². The van der Waals surface area contributed by atoms with E-state index < -0.39 is 0 Å². The van der Waals surface area contributed by atoms with Crippen LogP contribution in [0.3, 0.4) is 0 Å². The average Bonchev–Trinajstić information content (AvgIpc) is 2.78. The number of hydrogen-bond acceptors (Lipinski definition) is 2. The fourth-order valence-corrected chi connectivity index (χ4v) is 2.32. The van der Waals surface area contributed by atoms with E-state index in [9.17, 15) is 9.59 Å². The van der Waals surface area contributed by atoms with Crippen molar-refractivity contribution in [1.29, 1.82) is 0 Å². The zero-order valence-electron chi connectivity index (χ0n) is 11.2. The number of para-hydroxylation sites is 1.